The summed E-state index contributed by atoms with van der Waals surface area (Å²) in [6, 6.07) is 11.2. The first-order valence-electron chi connectivity index (χ1n) is 8.71. The van der Waals surface area contributed by atoms with E-state index >= 15 is 0 Å². The molecule has 148 valence electrons. The zero-order chi connectivity index (χ0) is 20.8. The van der Waals surface area contributed by atoms with Crippen molar-refractivity contribution in [2.24, 2.45) is 7.05 Å². The van der Waals surface area contributed by atoms with Crippen LogP contribution in [0.1, 0.15) is 5.56 Å². The topological polar surface area (TPSA) is 125 Å². The number of nitrogens with one attached hydrogen (secondary N) is 1. The first-order chi connectivity index (χ1) is 14.0. The van der Waals surface area contributed by atoms with Crippen LogP contribution in [0.2, 0.25) is 0 Å². The number of carbonyl (C=O) groups is 1. The van der Waals surface area contributed by atoms with Gasteiger partial charge >= 0.3 is 5.69 Å². The monoisotopic (exact) mass is 394 g/mol. The van der Waals surface area contributed by atoms with Crippen molar-refractivity contribution in [1.29, 1.82) is 0 Å². The Morgan fingerprint density at radius 1 is 1.24 bits per heavy atom. The number of nitrogens with zero attached hydrogens (tertiary/aromatic N) is 5. The molecular formula is C19H18N6O4. The van der Waals surface area contributed by atoms with Crippen LogP contribution in [0.25, 0.3) is 17.6 Å². The summed E-state index contributed by atoms with van der Waals surface area (Å²) in [5.41, 5.74) is 0.923. The van der Waals surface area contributed by atoms with E-state index < -0.39 is 4.92 Å². The second kappa shape index (κ2) is 8.74. The third-order valence-electron chi connectivity index (χ3n) is 4.09. The summed E-state index contributed by atoms with van der Waals surface area (Å²) in [4.78, 5) is 38.5. The highest BCUT2D eigenvalue weighted by atomic mass is 16.6. The first-order valence-corrected chi connectivity index (χ1v) is 8.71. The van der Waals surface area contributed by atoms with Crippen LogP contribution in [0.3, 0.4) is 0 Å². The molecule has 1 N–H and O–H groups in total. The third-order valence-corrected chi connectivity index (χ3v) is 4.09. The number of hydrogen-bond donors (Lipinski definition) is 1. The highest BCUT2D eigenvalue weighted by Gasteiger charge is 2.12. The zero-order valence-corrected chi connectivity index (χ0v) is 15.6. The van der Waals surface area contributed by atoms with Gasteiger partial charge < -0.3 is 5.32 Å². The maximum Gasteiger partial charge on any atom is 0.346 e. The van der Waals surface area contributed by atoms with Gasteiger partial charge in [-0.1, -0.05) is 6.07 Å². The molecule has 2 heterocycles. The van der Waals surface area contributed by atoms with Gasteiger partial charge in [-0.3, -0.25) is 24.5 Å². The van der Waals surface area contributed by atoms with Gasteiger partial charge in [-0.25, -0.2) is 9.48 Å². The molecule has 0 unspecified atom stereocenters. The molecule has 0 aliphatic heterocycles. The van der Waals surface area contributed by atoms with Crippen LogP contribution in [0, 0.1) is 10.1 Å². The Hall–Kier alpha value is -4.08. The number of carbonyl (C=O) groups excluding carboxylic acids is 1. The number of benzene rings is 1. The number of nitro groups is 1. The fourth-order valence-electron chi connectivity index (χ4n) is 2.57. The summed E-state index contributed by atoms with van der Waals surface area (Å²) < 4.78 is 2.67. The summed E-state index contributed by atoms with van der Waals surface area (Å²) in [7, 11) is 1.61. The molecule has 0 saturated carbocycles. The van der Waals surface area contributed by atoms with Crippen molar-refractivity contribution in [2.75, 3.05) is 6.54 Å². The zero-order valence-electron chi connectivity index (χ0n) is 15.6. The smallest absolute Gasteiger partial charge is 0.346 e. The molecule has 10 nitrogen and oxygen atoms in total. The SMILES string of the molecule is Cn1c(-c2ccccn2)nn(CCNC(=O)/C=C/c2ccc([N+](=O)[O-])cc2)c1=O. The summed E-state index contributed by atoms with van der Waals surface area (Å²) >= 11 is 0. The van der Waals surface area contributed by atoms with Crippen LogP contribution in [-0.4, -0.2) is 36.7 Å². The van der Waals surface area contributed by atoms with E-state index in [4.69, 9.17) is 0 Å². The molecule has 0 radical (unpaired) electrons. The summed E-state index contributed by atoms with van der Waals surface area (Å²) in [5.74, 6) is 0.0947. The number of amides is 1. The molecule has 2 aromatic heterocycles. The predicted octanol–water partition coefficient (Wildman–Crippen LogP) is 1.38. The minimum Gasteiger partial charge on any atom is -0.351 e. The maximum atomic E-state index is 12.3. The first kappa shape index (κ1) is 19.7. The Bertz CT molecular complexity index is 1100. The van der Waals surface area contributed by atoms with Crippen molar-refractivity contribution in [3.05, 3.63) is 80.9 Å². The minimum absolute atomic E-state index is 0.0162. The van der Waals surface area contributed by atoms with Gasteiger partial charge in [0.15, 0.2) is 5.82 Å². The Morgan fingerprint density at radius 2 is 2.00 bits per heavy atom. The molecule has 0 aliphatic rings. The van der Waals surface area contributed by atoms with Gasteiger partial charge in [0, 0.05) is 38.0 Å². The third kappa shape index (κ3) is 4.80. The van der Waals surface area contributed by atoms with Gasteiger partial charge in [0.2, 0.25) is 5.91 Å². The van der Waals surface area contributed by atoms with Crippen molar-refractivity contribution in [3.63, 3.8) is 0 Å². The van der Waals surface area contributed by atoms with Gasteiger partial charge in [-0.2, -0.15) is 0 Å². The molecule has 0 spiro atoms. The molecule has 0 bridgehead atoms. The molecule has 0 saturated heterocycles. The Kier molecular flexibility index (Phi) is 5.93. The van der Waals surface area contributed by atoms with Crippen LogP contribution in [0.15, 0.2) is 59.5 Å². The van der Waals surface area contributed by atoms with E-state index in [1.807, 2.05) is 6.07 Å². The van der Waals surface area contributed by atoms with Crippen molar-refractivity contribution >= 4 is 17.7 Å². The number of non-ortho nitro benzene ring substituents is 1. The quantitative estimate of drug-likeness (QED) is 0.367. The van der Waals surface area contributed by atoms with E-state index in [0.717, 1.165) is 0 Å². The van der Waals surface area contributed by atoms with Crippen LogP contribution in [0.5, 0.6) is 0 Å². The molecule has 1 amide bonds. The normalized spacial score (nSPS) is 10.9. The predicted molar refractivity (Wildman–Crippen MR) is 106 cm³/mol. The van der Waals surface area contributed by atoms with Crippen molar-refractivity contribution in [2.45, 2.75) is 6.54 Å². The number of rotatable bonds is 7. The largest absolute Gasteiger partial charge is 0.351 e. The van der Waals surface area contributed by atoms with E-state index in [1.165, 1.54) is 27.5 Å². The Balaban J connectivity index is 1.56. The van der Waals surface area contributed by atoms with E-state index in [9.17, 15) is 19.7 Å². The number of nitro benzene ring substituents is 1. The highest BCUT2D eigenvalue weighted by Crippen LogP contribution is 2.13. The molecule has 0 atom stereocenters. The fraction of sp³-hybridized carbons (Fsp3) is 0.158. The molecule has 29 heavy (non-hydrogen) atoms. The van der Waals surface area contributed by atoms with E-state index in [-0.39, 0.29) is 30.4 Å². The van der Waals surface area contributed by atoms with Gasteiger partial charge in [0.25, 0.3) is 5.69 Å². The highest BCUT2D eigenvalue weighted by molar-refractivity contribution is 5.91. The molecule has 0 fully saturated rings. The van der Waals surface area contributed by atoms with Crippen molar-refractivity contribution in [1.82, 2.24) is 24.6 Å². The average molecular weight is 394 g/mol. The van der Waals surface area contributed by atoms with Crippen LogP contribution >= 0.6 is 0 Å². The Morgan fingerprint density at radius 3 is 2.66 bits per heavy atom. The standard InChI is InChI=1S/C19H18N6O4/c1-23-18(16-4-2-3-11-20-16)22-24(19(23)27)13-12-21-17(26)10-7-14-5-8-15(9-6-14)25(28)29/h2-11H,12-13H2,1H3,(H,21,26)/b10-7+. The van der Waals surface area contributed by atoms with Crippen LogP contribution in [-0.2, 0) is 18.4 Å². The maximum absolute atomic E-state index is 12.3. The lowest BCUT2D eigenvalue weighted by Gasteiger charge is -2.01. The lowest BCUT2D eigenvalue weighted by atomic mass is 10.2. The lowest BCUT2D eigenvalue weighted by molar-refractivity contribution is -0.384. The number of aromatic nitrogens is 4. The number of hydrogen-bond acceptors (Lipinski definition) is 6. The van der Waals surface area contributed by atoms with Crippen molar-refractivity contribution < 1.29 is 9.72 Å². The molecule has 3 aromatic rings. The van der Waals surface area contributed by atoms with Gasteiger partial charge in [0.05, 0.1) is 11.5 Å². The molecule has 1 aromatic carbocycles. The van der Waals surface area contributed by atoms with E-state index in [0.29, 0.717) is 17.1 Å². The summed E-state index contributed by atoms with van der Waals surface area (Å²) in [6.07, 6.45) is 4.49. The molecule has 3 rings (SSSR count). The van der Waals surface area contributed by atoms with Crippen LogP contribution in [0.4, 0.5) is 5.69 Å². The summed E-state index contributed by atoms with van der Waals surface area (Å²) in [5, 5.41) is 17.6. The fourth-order valence-corrected chi connectivity index (χ4v) is 2.57. The second-order valence-electron chi connectivity index (χ2n) is 6.08. The van der Waals surface area contributed by atoms with Gasteiger partial charge in [0.1, 0.15) is 5.69 Å². The summed E-state index contributed by atoms with van der Waals surface area (Å²) in [6.45, 7) is 0.415. The molecule has 0 aliphatic carbocycles. The minimum atomic E-state index is -0.487. The van der Waals surface area contributed by atoms with Gasteiger partial charge in [-0.05, 0) is 35.9 Å². The molecular weight excluding hydrogens is 376 g/mol. The van der Waals surface area contributed by atoms with Gasteiger partial charge in [-0.15, -0.1) is 5.10 Å². The van der Waals surface area contributed by atoms with Crippen molar-refractivity contribution in [3.8, 4) is 11.5 Å². The lowest BCUT2D eigenvalue weighted by Crippen LogP contribution is -2.30. The van der Waals surface area contributed by atoms with Crippen LogP contribution < -0.4 is 11.0 Å². The second-order valence-corrected chi connectivity index (χ2v) is 6.08. The number of pyridine rings is 1. The van der Waals surface area contributed by atoms with E-state index in [2.05, 4.69) is 15.4 Å². The van der Waals surface area contributed by atoms with E-state index in [1.54, 1.807) is 43.6 Å². The molecule has 10 heteroatoms. The Labute approximate surface area is 165 Å². The average Bonchev–Trinajstić information content (AvgIpc) is 3.02.